The Bertz CT molecular complexity index is 124. The molecule has 0 bridgehead atoms. The SMILES string of the molecule is CCC(CO)NCCC(=O)NC. The van der Waals surface area contributed by atoms with Gasteiger partial charge in [-0.3, -0.25) is 4.79 Å². The summed E-state index contributed by atoms with van der Waals surface area (Å²) in [7, 11) is 1.62. The highest BCUT2D eigenvalue weighted by Gasteiger charge is 2.03. The van der Waals surface area contributed by atoms with Gasteiger partial charge in [0.2, 0.25) is 5.91 Å². The molecular formula is C8H18N2O2. The van der Waals surface area contributed by atoms with E-state index in [4.69, 9.17) is 5.11 Å². The van der Waals surface area contributed by atoms with Crippen molar-refractivity contribution in [3.05, 3.63) is 0 Å². The van der Waals surface area contributed by atoms with Crippen LogP contribution in [0.3, 0.4) is 0 Å². The monoisotopic (exact) mass is 174 g/mol. The van der Waals surface area contributed by atoms with E-state index in [0.29, 0.717) is 13.0 Å². The van der Waals surface area contributed by atoms with Gasteiger partial charge in [-0.15, -0.1) is 0 Å². The highest BCUT2D eigenvalue weighted by atomic mass is 16.3. The summed E-state index contributed by atoms with van der Waals surface area (Å²) in [5.41, 5.74) is 0. The lowest BCUT2D eigenvalue weighted by atomic mass is 10.2. The van der Waals surface area contributed by atoms with Gasteiger partial charge in [0.15, 0.2) is 0 Å². The maximum absolute atomic E-state index is 10.8. The number of hydrogen-bond acceptors (Lipinski definition) is 3. The molecule has 0 heterocycles. The van der Waals surface area contributed by atoms with Crippen LogP contribution < -0.4 is 10.6 Å². The second-order valence-electron chi connectivity index (χ2n) is 2.67. The molecule has 0 aliphatic carbocycles. The lowest BCUT2D eigenvalue weighted by Gasteiger charge is -2.12. The third kappa shape index (κ3) is 5.09. The molecule has 0 aromatic rings. The van der Waals surface area contributed by atoms with Crippen LogP contribution in [0.25, 0.3) is 0 Å². The minimum absolute atomic E-state index is 0.0234. The zero-order valence-electron chi connectivity index (χ0n) is 7.76. The van der Waals surface area contributed by atoms with Gasteiger partial charge in [-0.05, 0) is 6.42 Å². The predicted octanol–water partition coefficient (Wildman–Crippen LogP) is -0.517. The molecule has 1 atom stereocenters. The van der Waals surface area contributed by atoms with Crippen molar-refractivity contribution in [1.29, 1.82) is 0 Å². The van der Waals surface area contributed by atoms with E-state index >= 15 is 0 Å². The largest absolute Gasteiger partial charge is 0.395 e. The summed E-state index contributed by atoms with van der Waals surface area (Å²) in [5, 5.41) is 14.4. The first-order chi connectivity index (χ1) is 5.74. The standard InChI is InChI=1S/C8H18N2O2/c1-3-7(6-11)10-5-4-8(12)9-2/h7,10-11H,3-6H2,1-2H3,(H,9,12). The number of hydrogen-bond donors (Lipinski definition) is 3. The molecule has 0 aromatic heterocycles. The van der Waals surface area contributed by atoms with Crippen LogP contribution >= 0.6 is 0 Å². The molecule has 0 spiro atoms. The molecule has 3 N–H and O–H groups in total. The van der Waals surface area contributed by atoms with Crippen molar-refractivity contribution >= 4 is 5.91 Å². The Morgan fingerprint density at radius 1 is 1.58 bits per heavy atom. The van der Waals surface area contributed by atoms with E-state index < -0.39 is 0 Å². The smallest absolute Gasteiger partial charge is 0.221 e. The van der Waals surface area contributed by atoms with Crippen molar-refractivity contribution in [2.24, 2.45) is 0 Å². The molecule has 0 aromatic carbocycles. The molecule has 0 aliphatic rings. The zero-order chi connectivity index (χ0) is 9.40. The Hall–Kier alpha value is -0.610. The summed E-state index contributed by atoms with van der Waals surface area (Å²) in [5.74, 6) is 0.0234. The fourth-order valence-electron chi connectivity index (χ4n) is 0.853. The molecule has 1 amide bonds. The molecule has 0 radical (unpaired) electrons. The number of carbonyl (C=O) groups is 1. The second kappa shape index (κ2) is 7.06. The molecule has 0 fully saturated rings. The molecule has 4 heteroatoms. The van der Waals surface area contributed by atoms with Crippen LogP contribution in [0.1, 0.15) is 19.8 Å². The van der Waals surface area contributed by atoms with Crippen molar-refractivity contribution in [3.63, 3.8) is 0 Å². The van der Waals surface area contributed by atoms with Crippen LogP contribution in [0.4, 0.5) is 0 Å². The lowest BCUT2D eigenvalue weighted by Crippen LogP contribution is -2.34. The van der Waals surface area contributed by atoms with Crippen molar-refractivity contribution in [3.8, 4) is 0 Å². The molecule has 12 heavy (non-hydrogen) atoms. The first-order valence-corrected chi connectivity index (χ1v) is 4.29. The zero-order valence-corrected chi connectivity index (χ0v) is 7.76. The van der Waals surface area contributed by atoms with Crippen LogP contribution in [0.15, 0.2) is 0 Å². The van der Waals surface area contributed by atoms with Crippen LogP contribution in [-0.4, -0.2) is 37.3 Å². The third-order valence-electron chi connectivity index (χ3n) is 1.78. The van der Waals surface area contributed by atoms with Gasteiger partial charge in [0.05, 0.1) is 6.61 Å². The molecule has 1 unspecified atom stereocenters. The summed E-state index contributed by atoms with van der Waals surface area (Å²) >= 11 is 0. The fraction of sp³-hybridized carbons (Fsp3) is 0.875. The van der Waals surface area contributed by atoms with Crippen molar-refractivity contribution in [2.45, 2.75) is 25.8 Å². The van der Waals surface area contributed by atoms with Crippen molar-refractivity contribution in [2.75, 3.05) is 20.2 Å². The van der Waals surface area contributed by atoms with Gasteiger partial charge >= 0.3 is 0 Å². The highest BCUT2D eigenvalue weighted by molar-refractivity contribution is 5.75. The molecule has 0 aliphatic heterocycles. The van der Waals surface area contributed by atoms with Gasteiger partial charge in [0.1, 0.15) is 0 Å². The normalized spacial score (nSPS) is 12.6. The first kappa shape index (κ1) is 11.4. The quantitative estimate of drug-likeness (QED) is 0.508. The predicted molar refractivity (Wildman–Crippen MR) is 47.9 cm³/mol. The molecule has 4 nitrogen and oxygen atoms in total. The van der Waals surface area contributed by atoms with Crippen LogP contribution in [0.5, 0.6) is 0 Å². The Morgan fingerprint density at radius 2 is 2.25 bits per heavy atom. The van der Waals surface area contributed by atoms with Gasteiger partial charge < -0.3 is 15.7 Å². The topological polar surface area (TPSA) is 61.4 Å². The van der Waals surface area contributed by atoms with E-state index in [1.54, 1.807) is 7.05 Å². The van der Waals surface area contributed by atoms with E-state index in [2.05, 4.69) is 10.6 Å². The number of amides is 1. The first-order valence-electron chi connectivity index (χ1n) is 4.29. The van der Waals surface area contributed by atoms with E-state index in [-0.39, 0.29) is 18.6 Å². The molecule has 0 rings (SSSR count). The van der Waals surface area contributed by atoms with E-state index in [9.17, 15) is 4.79 Å². The Labute approximate surface area is 73.3 Å². The van der Waals surface area contributed by atoms with Gasteiger partial charge in [-0.25, -0.2) is 0 Å². The number of rotatable bonds is 6. The molecule has 0 saturated heterocycles. The average molecular weight is 174 g/mol. The minimum atomic E-state index is 0.0234. The maximum atomic E-state index is 10.8. The molecule has 72 valence electrons. The maximum Gasteiger partial charge on any atom is 0.221 e. The average Bonchev–Trinajstić information content (AvgIpc) is 2.12. The Kier molecular flexibility index (Phi) is 6.70. The summed E-state index contributed by atoms with van der Waals surface area (Å²) in [4.78, 5) is 10.8. The second-order valence-corrected chi connectivity index (χ2v) is 2.67. The lowest BCUT2D eigenvalue weighted by molar-refractivity contribution is -0.120. The van der Waals surface area contributed by atoms with Gasteiger partial charge in [-0.1, -0.05) is 6.92 Å². The fourth-order valence-corrected chi connectivity index (χ4v) is 0.853. The minimum Gasteiger partial charge on any atom is -0.395 e. The number of aliphatic hydroxyl groups is 1. The van der Waals surface area contributed by atoms with E-state index in [0.717, 1.165) is 6.42 Å². The third-order valence-corrected chi connectivity index (χ3v) is 1.78. The number of aliphatic hydroxyl groups excluding tert-OH is 1. The number of carbonyl (C=O) groups excluding carboxylic acids is 1. The van der Waals surface area contributed by atoms with Crippen LogP contribution in [0.2, 0.25) is 0 Å². The van der Waals surface area contributed by atoms with Gasteiger partial charge in [0, 0.05) is 26.1 Å². The Morgan fingerprint density at radius 3 is 2.67 bits per heavy atom. The Balaban J connectivity index is 3.34. The number of nitrogens with one attached hydrogen (secondary N) is 2. The van der Waals surface area contributed by atoms with E-state index in [1.165, 1.54) is 0 Å². The summed E-state index contributed by atoms with van der Waals surface area (Å²) in [6.45, 7) is 2.75. The van der Waals surface area contributed by atoms with E-state index in [1.807, 2.05) is 6.92 Å². The van der Waals surface area contributed by atoms with Crippen LogP contribution in [0, 0.1) is 0 Å². The highest BCUT2D eigenvalue weighted by Crippen LogP contribution is 1.88. The summed E-state index contributed by atoms with van der Waals surface area (Å²) < 4.78 is 0. The van der Waals surface area contributed by atoms with Crippen molar-refractivity contribution < 1.29 is 9.90 Å². The van der Waals surface area contributed by atoms with Crippen molar-refractivity contribution in [1.82, 2.24) is 10.6 Å². The van der Waals surface area contributed by atoms with Gasteiger partial charge in [0.25, 0.3) is 0 Å². The summed E-state index contributed by atoms with van der Waals surface area (Å²) in [6.07, 6.45) is 1.34. The molecule has 0 saturated carbocycles. The van der Waals surface area contributed by atoms with Gasteiger partial charge in [-0.2, -0.15) is 0 Å². The van der Waals surface area contributed by atoms with Crippen LogP contribution in [-0.2, 0) is 4.79 Å². The molecular weight excluding hydrogens is 156 g/mol. The summed E-state index contributed by atoms with van der Waals surface area (Å²) in [6, 6.07) is 0.120.